The monoisotopic (exact) mass is 558 g/mol. The molecule has 9 heteroatoms. The SMILES string of the molecule is CO/N=C(\c1ccc(Br)cc1)N1CCN(C2(C)CCN(C)CC2)CC1C.Cc1ncnc(C)c1C=O. The second-order valence-electron chi connectivity index (χ2n) is 9.97. The maximum Gasteiger partial charge on any atom is 0.175 e. The Morgan fingerprint density at radius 1 is 1.11 bits per heavy atom. The van der Waals surface area contributed by atoms with Crippen LogP contribution in [0.25, 0.3) is 0 Å². The molecular formula is C27H39BrN6O2. The van der Waals surface area contributed by atoms with Crippen molar-refractivity contribution >= 4 is 28.1 Å². The number of piperidine rings is 1. The van der Waals surface area contributed by atoms with Crippen molar-refractivity contribution in [1.82, 2.24) is 24.7 Å². The van der Waals surface area contributed by atoms with Crippen LogP contribution in [0.4, 0.5) is 0 Å². The molecule has 36 heavy (non-hydrogen) atoms. The number of rotatable bonds is 4. The molecule has 0 spiro atoms. The Hall–Kier alpha value is -2.36. The normalized spacial score (nSPS) is 20.9. The Balaban J connectivity index is 0.000000303. The number of likely N-dealkylation sites (tertiary alicyclic amines) is 1. The lowest BCUT2D eigenvalue weighted by molar-refractivity contribution is 0.000784. The maximum atomic E-state index is 10.4. The third-order valence-electron chi connectivity index (χ3n) is 7.41. The first-order chi connectivity index (χ1) is 17.2. The van der Waals surface area contributed by atoms with Crippen LogP contribution in [0.5, 0.6) is 0 Å². The number of carbonyl (C=O) groups is 1. The summed E-state index contributed by atoms with van der Waals surface area (Å²) in [4.78, 5) is 30.8. The Bertz CT molecular complexity index is 1020. The molecule has 0 aliphatic carbocycles. The van der Waals surface area contributed by atoms with E-state index in [0.717, 1.165) is 53.2 Å². The van der Waals surface area contributed by atoms with Gasteiger partial charge in [0.2, 0.25) is 0 Å². The molecule has 2 aliphatic heterocycles. The molecule has 1 aromatic carbocycles. The third kappa shape index (κ3) is 6.89. The van der Waals surface area contributed by atoms with E-state index in [1.54, 1.807) is 21.0 Å². The third-order valence-corrected chi connectivity index (χ3v) is 7.94. The second kappa shape index (κ2) is 12.7. The summed E-state index contributed by atoms with van der Waals surface area (Å²) in [6, 6.07) is 8.71. The summed E-state index contributed by atoms with van der Waals surface area (Å²) >= 11 is 3.51. The molecule has 0 radical (unpaired) electrons. The van der Waals surface area contributed by atoms with Crippen LogP contribution in [0.1, 0.15) is 54.0 Å². The standard InChI is InChI=1S/C20H31BrN4O.C7H8N2O/c1-16-15-24(20(2)9-11-23(3)12-10-20)13-14-25(16)19(22-26-4)17-5-7-18(21)8-6-17;1-5-7(3-10)6(2)9-4-8-5/h5-8,16H,9-15H2,1-4H3;3-4H,1-2H3/b22-19+;. The van der Waals surface area contributed by atoms with E-state index in [4.69, 9.17) is 4.84 Å². The van der Waals surface area contributed by atoms with Crippen molar-refractivity contribution in [2.45, 2.75) is 52.1 Å². The van der Waals surface area contributed by atoms with Crippen LogP contribution in [0, 0.1) is 13.8 Å². The number of halogens is 1. The van der Waals surface area contributed by atoms with E-state index >= 15 is 0 Å². The smallest absolute Gasteiger partial charge is 0.175 e. The summed E-state index contributed by atoms with van der Waals surface area (Å²) in [5.74, 6) is 0.931. The molecule has 2 aromatic rings. The summed E-state index contributed by atoms with van der Waals surface area (Å²) in [5.41, 5.74) is 3.50. The Morgan fingerprint density at radius 2 is 1.72 bits per heavy atom. The number of hydrogen-bond donors (Lipinski definition) is 0. The summed E-state index contributed by atoms with van der Waals surface area (Å²) in [6.45, 7) is 13.8. The van der Waals surface area contributed by atoms with Crippen molar-refractivity contribution in [2.24, 2.45) is 5.16 Å². The van der Waals surface area contributed by atoms with Gasteiger partial charge in [-0.1, -0.05) is 33.2 Å². The van der Waals surface area contributed by atoms with Crippen LogP contribution in [-0.2, 0) is 4.84 Å². The number of carbonyl (C=O) groups excluding carboxylic acids is 1. The fourth-order valence-corrected chi connectivity index (χ4v) is 5.17. The Labute approximate surface area is 223 Å². The predicted octanol–water partition coefficient (Wildman–Crippen LogP) is 4.15. The summed E-state index contributed by atoms with van der Waals surface area (Å²) < 4.78 is 1.08. The molecule has 2 aliphatic rings. The number of aldehydes is 1. The molecule has 1 unspecified atom stereocenters. The van der Waals surface area contributed by atoms with Gasteiger partial charge in [0.1, 0.15) is 13.4 Å². The number of oxime groups is 1. The highest BCUT2D eigenvalue weighted by Gasteiger charge is 2.39. The topological polar surface area (TPSA) is 74.2 Å². The van der Waals surface area contributed by atoms with Gasteiger partial charge < -0.3 is 14.6 Å². The number of piperazine rings is 1. The zero-order valence-corrected chi connectivity index (χ0v) is 24.0. The van der Waals surface area contributed by atoms with E-state index < -0.39 is 0 Å². The van der Waals surface area contributed by atoms with Crippen LogP contribution in [0.2, 0.25) is 0 Å². The lowest BCUT2D eigenvalue weighted by Crippen LogP contribution is -2.62. The number of aryl methyl sites for hydroxylation is 2. The van der Waals surface area contributed by atoms with Gasteiger partial charge in [-0.2, -0.15) is 0 Å². The van der Waals surface area contributed by atoms with E-state index in [1.165, 1.54) is 32.3 Å². The minimum atomic E-state index is 0.322. The fourth-order valence-electron chi connectivity index (χ4n) is 4.91. The van der Waals surface area contributed by atoms with Gasteiger partial charge in [-0.15, -0.1) is 0 Å². The molecule has 0 bridgehead atoms. The molecule has 4 rings (SSSR count). The van der Waals surface area contributed by atoms with Crippen molar-refractivity contribution in [3.05, 3.63) is 57.6 Å². The molecule has 2 fully saturated rings. The first-order valence-corrected chi connectivity index (χ1v) is 13.3. The number of nitrogens with zero attached hydrogens (tertiary/aromatic N) is 6. The van der Waals surface area contributed by atoms with E-state index in [0.29, 0.717) is 17.1 Å². The fraction of sp³-hybridized carbons (Fsp3) is 0.556. The van der Waals surface area contributed by atoms with Crippen LogP contribution in [-0.4, -0.2) is 95.3 Å². The minimum absolute atomic E-state index is 0.322. The second-order valence-corrected chi connectivity index (χ2v) is 10.9. The predicted molar refractivity (Wildman–Crippen MR) is 147 cm³/mol. The first kappa shape index (κ1) is 28.2. The molecule has 0 N–H and O–H groups in total. The van der Waals surface area contributed by atoms with Crippen molar-refractivity contribution in [1.29, 1.82) is 0 Å². The highest BCUT2D eigenvalue weighted by atomic mass is 79.9. The number of hydrogen-bond acceptors (Lipinski definition) is 7. The largest absolute Gasteiger partial charge is 0.397 e. The highest BCUT2D eigenvalue weighted by molar-refractivity contribution is 9.10. The van der Waals surface area contributed by atoms with Crippen molar-refractivity contribution < 1.29 is 9.63 Å². The average molecular weight is 560 g/mol. The molecule has 196 valence electrons. The lowest BCUT2D eigenvalue weighted by Gasteiger charge is -2.51. The highest BCUT2D eigenvalue weighted by Crippen LogP contribution is 2.30. The van der Waals surface area contributed by atoms with Crippen molar-refractivity contribution in [2.75, 3.05) is 46.9 Å². The summed E-state index contributed by atoms with van der Waals surface area (Å²) in [7, 11) is 3.85. The van der Waals surface area contributed by atoms with Crippen LogP contribution in [0.15, 0.2) is 40.2 Å². The first-order valence-electron chi connectivity index (χ1n) is 12.5. The molecule has 1 atom stereocenters. The molecule has 0 amide bonds. The zero-order valence-electron chi connectivity index (χ0n) is 22.4. The van der Waals surface area contributed by atoms with E-state index in [9.17, 15) is 4.79 Å². The van der Waals surface area contributed by atoms with E-state index in [2.05, 4.69) is 90.9 Å². The van der Waals surface area contributed by atoms with Gasteiger partial charge in [-0.3, -0.25) is 9.69 Å². The lowest BCUT2D eigenvalue weighted by atomic mass is 9.86. The van der Waals surface area contributed by atoms with Crippen LogP contribution < -0.4 is 0 Å². The molecular weight excluding hydrogens is 520 g/mol. The molecule has 3 heterocycles. The molecule has 2 saturated heterocycles. The van der Waals surface area contributed by atoms with E-state index in [1.807, 2.05) is 0 Å². The summed E-state index contributed by atoms with van der Waals surface area (Å²) in [5, 5.41) is 4.37. The molecule has 0 saturated carbocycles. The molecule has 1 aromatic heterocycles. The molecule has 8 nitrogen and oxygen atoms in total. The maximum absolute atomic E-state index is 10.4. The van der Waals surface area contributed by atoms with Gasteiger partial charge >= 0.3 is 0 Å². The number of aromatic nitrogens is 2. The quantitative estimate of drug-likeness (QED) is 0.241. The van der Waals surface area contributed by atoms with Crippen LogP contribution >= 0.6 is 15.9 Å². The number of amidine groups is 1. The Morgan fingerprint density at radius 3 is 2.22 bits per heavy atom. The van der Waals surface area contributed by atoms with Crippen molar-refractivity contribution in [3.8, 4) is 0 Å². The van der Waals surface area contributed by atoms with Gasteiger partial charge in [-0.25, -0.2) is 9.97 Å². The van der Waals surface area contributed by atoms with Crippen molar-refractivity contribution in [3.63, 3.8) is 0 Å². The van der Waals surface area contributed by atoms with Crippen LogP contribution in [0.3, 0.4) is 0 Å². The minimum Gasteiger partial charge on any atom is -0.397 e. The van der Waals surface area contributed by atoms with Gasteiger partial charge in [0.15, 0.2) is 12.1 Å². The zero-order chi connectivity index (χ0) is 26.3. The number of benzene rings is 1. The summed E-state index contributed by atoms with van der Waals surface area (Å²) in [6.07, 6.45) is 4.74. The van der Waals surface area contributed by atoms with E-state index in [-0.39, 0.29) is 0 Å². The Kier molecular flexibility index (Phi) is 9.99. The van der Waals surface area contributed by atoms with Gasteiger partial charge in [0.25, 0.3) is 0 Å². The average Bonchev–Trinajstić information content (AvgIpc) is 2.86. The van der Waals surface area contributed by atoms with Gasteiger partial charge in [0.05, 0.1) is 17.0 Å². The van der Waals surface area contributed by atoms with Gasteiger partial charge in [0, 0.05) is 41.3 Å². The van der Waals surface area contributed by atoms with Gasteiger partial charge in [-0.05, 0) is 72.8 Å².